The Morgan fingerprint density at radius 2 is 2.00 bits per heavy atom. The summed E-state index contributed by atoms with van der Waals surface area (Å²) in [5, 5.41) is 21.2. The number of nitrogens with zero attached hydrogens (tertiary/aromatic N) is 1. The van der Waals surface area contributed by atoms with Crippen molar-refractivity contribution in [3.05, 3.63) is 33.4 Å². The molecule has 0 saturated heterocycles. The van der Waals surface area contributed by atoms with Crippen LogP contribution in [0.25, 0.3) is 0 Å². The van der Waals surface area contributed by atoms with Crippen molar-refractivity contribution in [1.29, 1.82) is 0 Å². The van der Waals surface area contributed by atoms with Crippen molar-refractivity contribution in [3.63, 3.8) is 0 Å². The Hall–Kier alpha value is -1.03. The first-order chi connectivity index (χ1) is 6.80. The molecule has 15 heavy (non-hydrogen) atoms. The normalized spacial score (nSPS) is 12.9. The second kappa shape index (κ2) is 4.23. The van der Waals surface area contributed by atoms with Crippen molar-refractivity contribution >= 4 is 22.1 Å². The highest BCUT2D eigenvalue weighted by atomic mass is 79.9. The molecule has 82 valence electrons. The van der Waals surface area contributed by atoms with Crippen molar-refractivity contribution < 1.29 is 9.85 Å². The van der Waals surface area contributed by atoms with Crippen molar-refractivity contribution in [1.82, 2.24) is 0 Å². The zero-order chi connectivity index (χ0) is 11.6. The highest BCUT2D eigenvalue weighted by Crippen LogP contribution is 2.20. The molecule has 4 heteroatoms. The average molecular weight is 272 g/mol. The predicted octanol–water partition coefficient (Wildman–Crippen LogP) is 2.88. The molecule has 0 atom stereocenters. The van der Waals surface area contributed by atoms with Crippen molar-refractivity contribution in [2.75, 3.05) is 0 Å². The van der Waals surface area contributed by atoms with Gasteiger partial charge in [0.25, 0.3) is 0 Å². The van der Waals surface area contributed by atoms with Gasteiger partial charge in [-0.15, -0.1) is 0 Å². The number of phenols is 1. The van der Waals surface area contributed by atoms with E-state index < -0.39 is 5.54 Å². The molecule has 0 radical (unpaired) electrons. The molecule has 1 aromatic carbocycles. The summed E-state index contributed by atoms with van der Waals surface area (Å²) in [6.07, 6.45) is 1.39. The van der Waals surface area contributed by atoms with E-state index in [0.717, 1.165) is 9.21 Å². The molecule has 0 heterocycles. The Balaban J connectivity index is 3.13. The number of hydrogen-bond acceptors (Lipinski definition) is 2. The van der Waals surface area contributed by atoms with E-state index in [-0.39, 0.29) is 5.75 Å². The summed E-state index contributed by atoms with van der Waals surface area (Å²) in [5.74, 6) is 0.100. The second-order valence-corrected chi connectivity index (χ2v) is 5.24. The lowest BCUT2D eigenvalue weighted by molar-refractivity contribution is -0.530. The van der Waals surface area contributed by atoms with Gasteiger partial charge in [0.15, 0.2) is 11.8 Å². The lowest BCUT2D eigenvalue weighted by Crippen LogP contribution is -2.29. The van der Waals surface area contributed by atoms with Crippen molar-refractivity contribution in [3.8, 4) is 5.75 Å². The Kier molecular flexibility index (Phi) is 3.39. The zero-order valence-electron chi connectivity index (χ0n) is 8.99. The maximum absolute atomic E-state index is 11.6. The summed E-state index contributed by atoms with van der Waals surface area (Å²) in [6.45, 7) is 5.43. The van der Waals surface area contributed by atoms with E-state index in [0.29, 0.717) is 5.56 Å². The smallest absolute Gasteiger partial charge is 0.186 e. The van der Waals surface area contributed by atoms with Crippen LogP contribution in [-0.4, -0.2) is 21.6 Å². The predicted molar refractivity (Wildman–Crippen MR) is 64.4 cm³/mol. The van der Waals surface area contributed by atoms with Crippen LogP contribution >= 0.6 is 15.9 Å². The van der Waals surface area contributed by atoms with Gasteiger partial charge in [-0.05, 0) is 18.2 Å². The molecule has 1 aromatic rings. The van der Waals surface area contributed by atoms with Crippen LogP contribution in [-0.2, 0) is 0 Å². The van der Waals surface area contributed by atoms with Crippen LogP contribution in [0.2, 0.25) is 0 Å². The monoisotopic (exact) mass is 271 g/mol. The molecule has 3 nitrogen and oxygen atoms in total. The maximum atomic E-state index is 11.6. The van der Waals surface area contributed by atoms with E-state index >= 15 is 0 Å². The van der Waals surface area contributed by atoms with Gasteiger partial charge in [0, 0.05) is 25.2 Å². The van der Waals surface area contributed by atoms with E-state index in [1.807, 2.05) is 20.8 Å². The van der Waals surface area contributed by atoms with Gasteiger partial charge in [-0.3, -0.25) is 0 Å². The number of phenolic OH excluding ortho intramolecular Hbond substituents is 1. The number of aromatic hydroxyl groups is 1. The highest BCUT2D eigenvalue weighted by molar-refractivity contribution is 9.10. The van der Waals surface area contributed by atoms with E-state index in [4.69, 9.17) is 0 Å². The lowest BCUT2D eigenvalue weighted by Gasteiger charge is -2.18. The first-order valence-electron chi connectivity index (χ1n) is 4.60. The molecular weight excluding hydrogens is 258 g/mol. The minimum absolute atomic E-state index is 0.100. The molecule has 0 aliphatic carbocycles. The van der Waals surface area contributed by atoms with Gasteiger partial charge >= 0.3 is 0 Å². The third kappa shape index (κ3) is 3.23. The van der Waals surface area contributed by atoms with Crippen LogP contribution < -0.4 is 0 Å². The third-order valence-electron chi connectivity index (χ3n) is 1.91. The first-order valence-corrected chi connectivity index (χ1v) is 5.40. The molecule has 1 N–H and O–H groups in total. The minimum Gasteiger partial charge on any atom is -0.623 e. The van der Waals surface area contributed by atoms with Crippen LogP contribution in [0.4, 0.5) is 0 Å². The quantitative estimate of drug-likeness (QED) is 0.370. The topological polar surface area (TPSA) is 46.3 Å². The van der Waals surface area contributed by atoms with Gasteiger partial charge in [-0.2, -0.15) is 0 Å². The van der Waals surface area contributed by atoms with Crippen LogP contribution in [0.1, 0.15) is 26.3 Å². The van der Waals surface area contributed by atoms with Crippen LogP contribution in [0, 0.1) is 5.21 Å². The first kappa shape index (κ1) is 12.0. The Labute approximate surface area is 97.8 Å². The fourth-order valence-electron chi connectivity index (χ4n) is 0.949. The Morgan fingerprint density at radius 3 is 2.53 bits per heavy atom. The molecule has 0 bridgehead atoms. The van der Waals surface area contributed by atoms with Gasteiger partial charge < -0.3 is 10.3 Å². The van der Waals surface area contributed by atoms with Gasteiger partial charge in [-0.25, -0.2) is 4.74 Å². The maximum Gasteiger partial charge on any atom is 0.186 e. The molecule has 0 aliphatic rings. The number of benzene rings is 1. The zero-order valence-corrected chi connectivity index (χ0v) is 10.6. The third-order valence-corrected chi connectivity index (χ3v) is 2.40. The number of hydrogen-bond donors (Lipinski definition) is 1. The molecule has 1 rings (SSSR count). The van der Waals surface area contributed by atoms with E-state index in [2.05, 4.69) is 15.9 Å². The number of halogens is 1. The minimum atomic E-state index is -0.505. The summed E-state index contributed by atoms with van der Waals surface area (Å²) in [4.78, 5) is 0. The highest BCUT2D eigenvalue weighted by Gasteiger charge is 2.18. The van der Waals surface area contributed by atoms with Crippen LogP contribution in [0.15, 0.2) is 22.7 Å². The van der Waals surface area contributed by atoms with Gasteiger partial charge in [0.1, 0.15) is 5.75 Å². The molecule has 0 unspecified atom stereocenters. The molecule has 0 fully saturated rings. The summed E-state index contributed by atoms with van der Waals surface area (Å²) in [7, 11) is 0. The standard InChI is InChI=1S/C11H14BrNO2/c1-11(2,3)13(15)7-8-6-9(12)4-5-10(8)14/h4-7,14H,1-3H3. The van der Waals surface area contributed by atoms with Crippen molar-refractivity contribution in [2.24, 2.45) is 0 Å². The van der Waals surface area contributed by atoms with Gasteiger partial charge in [0.05, 0.1) is 5.56 Å². The van der Waals surface area contributed by atoms with Gasteiger partial charge in [0.2, 0.25) is 0 Å². The summed E-state index contributed by atoms with van der Waals surface area (Å²) >= 11 is 3.29. The van der Waals surface area contributed by atoms with E-state index in [9.17, 15) is 10.3 Å². The van der Waals surface area contributed by atoms with E-state index in [1.165, 1.54) is 6.21 Å². The second-order valence-electron chi connectivity index (χ2n) is 4.33. The summed E-state index contributed by atoms with van der Waals surface area (Å²) < 4.78 is 1.66. The molecule has 0 amide bonds. The average Bonchev–Trinajstić information content (AvgIpc) is 2.09. The molecule has 0 spiro atoms. The fourth-order valence-corrected chi connectivity index (χ4v) is 1.33. The number of rotatable bonds is 1. The number of hydroxylamine groups is 1. The molecule has 0 aliphatic heterocycles. The summed E-state index contributed by atoms with van der Waals surface area (Å²) in [5.41, 5.74) is 0.00341. The lowest BCUT2D eigenvalue weighted by atomic mass is 10.1. The van der Waals surface area contributed by atoms with Crippen LogP contribution in [0.3, 0.4) is 0 Å². The fraction of sp³-hybridized carbons (Fsp3) is 0.364. The summed E-state index contributed by atoms with van der Waals surface area (Å²) in [6, 6.07) is 4.97. The Bertz CT molecular complexity index is 394. The van der Waals surface area contributed by atoms with Crippen LogP contribution in [0.5, 0.6) is 5.75 Å². The van der Waals surface area contributed by atoms with E-state index in [1.54, 1.807) is 18.2 Å². The Morgan fingerprint density at radius 1 is 1.40 bits per heavy atom. The largest absolute Gasteiger partial charge is 0.623 e. The molecule has 0 aromatic heterocycles. The molecule has 0 saturated carbocycles. The van der Waals surface area contributed by atoms with Gasteiger partial charge in [-0.1, -0.05) is 15.9 Å². The SMILES string of the molecule is CC(C)(C)[N+]([O-])=Cc1cc(Br)ccc1O. The van der Waals surface area contributed by atoms with Crippen molar-refractivity contribution in [2.45, 2.75) is 26.3 Å². The molecular formula is C11H14BrNO2.